The summed E-state index contributed by atoms with van der Waals surface area (Å²) < 4.78 is 5.32. The third-order valence-electron chi connectivity index (χ3n) is 2.89. The number of anilines is 1. The van der Waals surface area contributed by atoms with Gasteiger partial charge in [-0.2, -0.15) is 5.10 Å². The van der Waals surface area contributed by atoms with Crippen LogP contribution in [0, 0.1) is 0 Å². The van der Waals surface area contributed by atoms with E-state index >= 15 is 0 Å². The summed E-state index contributed by atoms with van der Waals surface area (Å²) in [7, 11) is 0. The van der Waals surface area contributed by atoms with Crippen LogP contribution in [0.1, 0.15) is 12.7 Å². The van der Waals surface area contributed by atoms with E-state index in [1.54, 1.807) is 11.3 Å². The van der Waals surface area contributed by atoms with Gasteiger partial charge in [0.15, 0.2) is 0 Å². The molecule has 0 bridgehead atoms. The number of para-hydroxylation sites is 1. The molecule has 3 rings (SSSR count). The van der Waals surface area contributed by atoms with Crippen LogP contribution in [0.2, 0.25) is 0 Å². The van der Waals surface area contributed by atoms with E-state index in [-0.39, 0.29) is 0 Å². The summed E-state index contributed by atoms with van der Waals surface area (Å²) in [4.78, 5) is 0.695. The summed E-state index contributed by atoms with van der Waals surface area (Å²) in [5.41, 5.74) is 2.79. The van der Waals surface area contributed by atoms with Gasteiger partial charge in [-0.15, -0.1) is 0 Å². The summed E-state index contributed by atoms with van der Waals surface area (Å²) in [5.74, 6) is 0.779. The molecule has 1 aliphatic rings. The molecule has 94 valence electrons. The summed E-state index contributed by atoms with van der Waals surface area (Å²) in [5, 5.41) is 6.28. The van der Waals surface area contributed by atoms with Crippen LogP contribution >= 0.6 is 12.2 Å². The first kappa shape index (κ1) is 11.9. The van der Waals surface area contributed by atoms with Crippen molar-refractivity contribution in [3.05, 3.63) is 60.1 Å². The molecule has 19 heavy (non-hydrogen) atoms. The summed E-state index contributed by atoms with van der Waals surface area (Å²) in [6.07, 6.45) is 3.57. The van der Waals surface area contributed by atoms with Crippen LogP contribution in [-0.2, 0) is 0 Å². The molecule has 0 N–H and O–H groups in total. The summed E-state index contributed by atoms with van der Waals surface area (Å²) in [6, 6.07) is 13.6. The number of thiocarbonyl (C=S) groups is 1. The Balaban J connectivity index is 1.96. The SMILES string of the molecule is CC1=NN(c2ccccc2)C(=S)C1=Cc1ccco1. The molecule has 0 saturated carbocycles. The second-order valence-corrected chi connectivity index (χ2v) is 4.60. The lowest BCUT2D eigenvalue weighted by Crippen LogP contribution is -2.19. The van der Waals surface area contributed by atoms with Crippen LogP contribution in [-0.4, -0.2) is 10.7 Å². The van der Waals surface area contributed by atoms with Crippen molar-refractivity contribution in [2.24, 2.45) is 5.10 Å². The van der Waals surface area contributed by atoms with Crippen molar-refractivity contribution in [1.29, 1.82) is 0 Å². The van der Waals surface area contributed by atoms with Crippen LogP contribution in [0.15, 0.2) is 63.8 Å². The van der Waals surface area contributed by atoms with Crippen molar-refractivity contribution in [3.63, 3.8) is 0 Å². The van der Waals surface area contributed by atoms with Gasteiger partial charge in [0.2, 0.25) is 0 Å². The third kappa shape index (κ3) is 2.22. The zero-order chi connectivity index (χ0) is 13.2. The van der Waals surface area contributed by atoms with Gasteiger partial charge >= 0.3 is 0 Å². The van der Waals surface area contributed by atoms with E-state index < -0.39 is 0 Å². The normalized spacial score (nSPS) is 17.1. The maximum absolute atomic E-state index is 5.50. The number of hydrogen-bond acceptors (Lipinski definition) is 3. The minimum Gasteiger partial charge on any atom is -0.465 e. The van der Waals surface area contributed by atoms with Gasteiger partial charge in [0.25, 0.3) is 0 Å². The minimum atomic E-state index is 0.695. The van der Waals surface area contributed by atoms with Gasteiger partial charge in [-0.1, -0.05) is 30.4 Å². The Morgan fingerprint density at radius 3 is 2.63 bits per heavy atom. The topological polar surface area (TPSA) is 28.7 Å². The number of hydrogen-bond donors (Lipinski definition) is 0. The zero-order valence-electron chi connectivity index (χ0n) is 10.4. The number of hydrazone groups is 1. The van der Waals surface area contributed by atoms with Gasteiger partial charge in [-0.25, -0.2) is 5.01 Å². The highest BCUT2D eigenvalue weighted by molar-refractivity contribution is 7.81. The first-order chi connectivity index (χ1) is 9.25. The Kier molecular flexibility index (Phi) is 3.01. The lowest BCUT2D eigenvalue weighted by atomic mass is 10.1. The molecule has 1 aromatic carbocycles. The second kappa shape index (κ2) is 4.82. The van der Waals surface area contributed by atoms with Crippen molar-refractivity contribution in [2.75, 3.05) is 5.01 Å². The third-order valence-corrected chi connectivity index (χ3v) is 3.29. The second-order valence-electron chi connectivity index (χ2n) is 4.21. The van der Waals surface area contributed by atoms with Crippen LogP contribution in [0.25, 0.3) is 6.08 Å². The summed E-state index contributed by atoms with van der Waals surface area (Å²) >= 11 is 5.50. The molecule has 0 saturated heterocycles. The Labute approximate surface area is 116 Å². The van der Waals surface area contributed by atoms with Gasteiger partial charge in [0.1, 0.15) is 10.7 Å². The molecule has 0 amide bonds. The molecule has 0 radical (unpaired) electrons. The van der Waals surface area contributed by atoms with E-state index in [0.717, 1.165) is 22.7 Å². The molecule has 1 aromatic heterocycles. The number of furan rings is 1. The van der Waals surface area contributed by atoms with Crippen LogP contribution < -0.4 is 5.01 Å². The van der Waals surface area contributed by atoms with Gasteiger partial charge in [-0.3, -0.25) is 0 Å². The molecule has 0 aliphatic carbocycles. The minimum absolute atomic E-state index is 0.695. The number of nitrogens with zero attached hydrogens (tertiary/aromatic N) is 2. The number of rotatable bonds is 2. The van der Waals surface area contributed by atoms with E-state index in [0.29, 0.717) is 4.99 Å². The first-order valence-corrected chi connectivity index (χ1v) is 6.37. The molecule has 1 aliphatic heterocycles. The quantitative estimate of drug-likeness (QED) is 0.611. The molecule has 0 spiro atoms. The fraction of sp³-hybridized carbons (Fsp3) is 0.0667. The fourth-order valence-corrected chi connectivity index (χ4v) is 2.30. The largest absolute Gasteiger partial charge is 0.465 e. The van der Waals surface area contributed by atoms with Gasteiger partial charge in [0.05, 0.1) is 17.7 Å². The predicted molar refractivity (Wildman–Crippen MR) is 81.3 cm³/mol. The Morgan fingerprint density at radius 1 is 1.16 bits per heavy atom. The van der Waals surface area contributed by atoms with E-state index in [9.17, 15) is 0 Å². The fourth-order valence-electron chi connectivity index (χ4n) is 1.94. The van der Waals surface area contributed by atoms with Crippen molar-refractivity contribution >= 4 is 34.7 Å². The van der Waals surface area contributed by atoms with Crippen molar-refractivity contribution in [1.82, 2.24) is 0 Å². The molecule has 2 heterocycles. The lowest BCUT2D eigenvalue weighted by molar-refractivity contribution is 0.557. The molecule has 0 fully saturated rings. The Hall–Kier alpha value is -2.20. The van der Waals surface area contributed by atoms with Crippen molar-refractivity contribution in [2.45, 2.75) is 6.92 Å². The first-order valence-electron chi connectivity index (χ1n) is 5.96. The molecule has 2 aromatic rings. The predicted octanol–water partition coefficient (Wildman–Crippen LogP) is 3.89. The summed E-state index contributed by atoms with van der Waals surface area (Å²) in [6.45, 7) is 1.95. The van der Waals surface area contributed by atoms with Crippen molar-refractivity contribution < 1.29 is 4.42 Å². The van der Waals surface area contributed by atoms with E-state index in [4.69, 9.17) is 16.6 Å². The molecular formula is C15H12N2OS. The van der Waals surface area contributed by atoms with Crippen LogP contribution in [0.4, 0.5) is 5.69 Å². The van der Waals surface area contributed by atoms with E-state index in [2.05, 4.69) is 5.10 Å². The van der Waals surface area contributed by atoms with Crippen LogP contribution in [0.5, 0.6) is 0 Å². The monoisotopic (exact) mass is 268 g/mol. The molecule has 3 nitrogen and oxygen atoms in total. The van der Waals surface area contributed by atoms with Gasteiger partial charge in [-0.05, 0) is 37.3 Å². The van der Waals surface area contributed by atoms with Gasteiger partial charge in [0, 0.05) is 5.57 Å². The lowest BCUT2D eigenvalue weighted by Gasteiger charge is -2.13. The number of benzene rings is 1. The van der Waals surface area contributed by atoms with Crippen molar-refractivity contribution in [3.8, 4) is 0 Å². The average Bonchev–Trinajstić information content (AvgIpc) is 3.03. The highest BCUT2D eigenvalue weighted by Gasteiger charge is 2.24. The molecular weight excluding hydrogens is 256 g/mol. The van der Waals surface area contributed by atoms with Crippen LogP contribution in [0.3, 0.4) is 0 Å². The Bertz CT molecular complexity index is 657. The van der Waals surface area contributed by atoms with E-state index in [1.807, 2.05) is 55.5 Å². The van der Waals surface area contributed by atoms with Gasteiger partial charge < -0.3 is 4.42 Å². The highest BCUT2D eigenvalue weighted by Crippen LogP contribution is 2.25. The standard InChI is InChI=1S/C15H12N2OS/c1-11-14(10-13-8-5-9-18-13)15(19)17(16-11)12-6-3-2-4-7-12/h2-10H,1H3. The molecule has 4 heteroatoms. The van der Waals surface area contributed by atoms with E-state index in [1.165, 1.54) is 0 Å². The zero-order valence-corrected chi connectivity index (χ0v) is 11.2. The smallest absolute Gasteiger partial charge is 0.137 e. The maximum Gasteiger partial charge on any atom is 0.137 e. The average molecular weight is 268 g/mol. The molecule has 0 unspecified atom stereocenters. The highest BCUT2D eigenvalue weighted by atomic mass is 32.1. The Morgan fingerprint density at radius 2 is 1.95 bits per heavy atom. The maximum atomic E-state index is 5.50. The molecule has 0 atom stereocenters.